The van der Waals surface area contributed by atoms with Gasteiger partial charge in [0.25, 0.3) is 0 Å². The molecule has 0 fully saturated rings. The van der Waals surface area contributed by atoms with E-state index in [-0.39, 0.29) is 5.49 Å². The third-order valence-corrected chi connectivity index (χ3v) is 2.89. The zero-order chi connectivity index (χ0) is 5.91. The second-order valence-corrected chi connectivity index (χ2v) is 4.51. The van der Waals surface area contributed by atoms with E-state index >= 15 is 0 Å². The Balaban J connectivity index is 3.84. The molecular weight excluding hydrogens is 135 g/mol. The number of hydrogen-bond donors (Lipinski definition) is 0. The largest absolute Gasteiger partial charge is 0.289 e. The first-order valence-corrected chi connectivity index (χ1v) is 4.76. The summed E-state index contributed by atoms with van der Waals surface area (Å²) >= 11 is 0. The Morgan fingerprint density at radius 3 is 2.00 bits per heavy atom. The molecule has 0 amide bonds. The molecule has 0 heterocycles. The van der Waals surface area contributed by atoms with E-state index in [1.54, 1.807) is 0 Å². The molecule has 1 unspecified atom stereocenters. The maximum Gasteiger partial charge on any atom is 0.157 e. The van der Waals surface area contributed by atoms with Gasteiger partial charge in [-0.25, -0.2) is 8.42 Å². The summed E-state index contributed by atoms with van der Waals surface area (Å²) in [6.07, 6.45) is 1.05. The van der Waals surface area contributed by atoms with Crippen LogP contribution in [0.25, 0.3) is 0 Å². The predicted molar refractivity (Wildman–Crippen MR) is 28.7 cm³/mol. The lowest BCUT2D eigenvalue weighted by Crippen LogP contribution is -1.94. The molecule has 0 aromatic carbocycles. The number of sulfone groups is 1. The average molecular weight is 141 g/mol. The monoisotopic (exact) mass is 141 g/mol. The SMILES string of the molecule is CS(=O)(=O)C[PH]=O. The normalized spacial score (nSPS) is 12.1. The summed E-state index contributed by atoms with van der Waals surface area (Å²) in [6, 6.07) is 0. The van der Waals surface area contributed by atoms with E-state index in [0.717, 1.165) is 6.26 Å². The highest BCUT2D eigenvalue weighted by atomic mass is 32.2. The Kier molecular flexibility index (Phi) is 2.40. The van der Waals surface area contributed by atoms with E-state index in [2.05, 4.69) is 0 Å². The van der Waals surface area contributed by atoms with Crippen molar-refractivity contribution in [3.05, 3.63) is 0 Å². The topological polar surface area (TPSA) is 51.2 Å². The predicted octanol–water partition coefficient (Wildman–Crippen LogP) is 0.0125. The lowest BCUT2D eigenvalue weighted by molar-refractivity contribution is 0.595. The summed E-state index contributed by atoms with van der Waals surface area (Å²) in [5, 5.41) is 0. The summed E-state index contributed by atoms with van der Waals surface area (Å²) in [4.78, 5) is 0. The van der Waals surface area contributed by atoms with Gasteiger partial charge >= 0.3 is 0 Å². The number of hydrogen-bond acceptors (Lipinski definition) is 3. The highest BCUT2D eigenvalue weighted by Gasteiger charge is 1.95. The van der Waals surface area contributed by atoms with Crippen LogP contribution in [-0.4, -0.2) is 20.2 Å². The fourth-order valence-electron chi connectivity index (χ4n) is 0.107. The summed E-state index contributed by atoms with van der Waals surface area (Å²) in [5.41, 5.74) is -0.215. The van der Waals surface area contributed by atoms with Crippen molar-refractivity contribution in [3.63, 3.8) is 0 Å². The lowest BCUT2D eigenvalue weighted by Gasteiger charge is -1.80. The van der Waals surface area contributed by atoms with Crippen LogP contribution in [0, 0.1) is 0 Å². The van der Waals surface area contributed by atoms with Crippen LogP contribution in [0.2, 0.25) is 0 Å². The minimum atomic E-state index is -2.97. The first-order chi connectivity index (χ1) is 3.06. The van der Waals surface area contributed by atoms with E-state index < -0.39 is 18.3 Å². The summed E-state index contributed by atoms with van der Waals surface area (Å²) < 4.78 is 29.7. The van der Waals surface area contributed by atoms with Gasteiger partial charge in [0.2, 0.25) is 0 Å². The molecule has 0 spiro atoms. The molecule has 0 rings (SSSR count). The van der Waals surface area contributed by atoms with Crippen molar-refractivity contribution in [2.45, 2.75) is 0 Å². The molecule has 43 valence electrons. The minimum absolute atomic E-state index is 0.215. The molecule has 0 saturated carbocycles. The fraction of sp³-hybridized carbons (Fsp3) is 1.00. The van der Waals surface area contributed by atoms with Crippen LogP contribution in [0.5, 0.6) is 0 Å². The molecule has 0 N–H and O–H groups in total. The standard InChI is InChI=1S/C2H6O3PS/c1-7(4,5)2-6-3/h6H,2H2,1H3. The Bertz CT molecular complexity index is 146. The number of rotatable bonds is 2. The zero-order valence-corrected chi connectivity index (χ0v) is 5.66. The molecule has 0 bridgehead atoms. The highest BCUT2D eigenvalue weighted by molar-refractivity contribution is 7.94. The summed E-state index contributed by atoms with van der Waals surface area (Å²) in [6.45, 7) is 0. The second-order valence-electron chi connectivity index (χ2n) is 1.21. The quantitative estimate of drug-likeness (QED) is 0.509. The lowest BCUT2D eigenvalue weighted by atomic mass is 11.9. The van der Waals surface area contributed by atoms with Gasteiger partial charge in [0.1, 0.15) is 5.49 Å². The molecule has 5 heteroatoms. The molecule has 1 atom stereocenters. The van der Waals surface area contributed by atoms with Crippen molar-refractivity contribution < 1.29 is 13.0 Å². The van der Waals surface area contributed by atoms with E-state index in [4.69, 9.17) is 0 Å². The molecule has 3 nitrogen and oxygen atoms in total. The van der Waals surface area contributed by atoms with Crippen LogP contribution in [-0.2, 0) is 14.4 Å². The van der Waals surface area contributed by atoms with Crippen molar-refractivity contribution in [2.24, 2.45) is 0 Å². The average Bonchev–Trinajstić information content (AvgIpc) is 1.30. The van der Waals surface area contributed by atoms with Gasteiger partial charge in [-0.3, -0.25) is 4.57 Å². The molecule has 1 radical (unpaired) electrons. The molecule has 0 aliphatic carbocycles. The van der Waals surface area contributed by atoms with Gasteiger partial charge in [0.15, 0.2) is 9.84 Å². The van der Waals surface area contributed by atoms with Gasteiger partial charge in [-0.15, -0.1) is 0 Å². The highest BCUT2D eigenvalue weighted by Crippen LogP contribution is 1.95. The molecule has 0 aliphatic heterocycles. The third kappa shape index (κ3) is 6.05. The van der Waals surface area contributed by atoms with Gasteiger partial charge in [0.05, 0.1) is 8.46 Å². The maximum atomic E-state index is 10.0. The Hall–Kier alpha value is 0.0500. The van der Waals surface area contributed by atoms with Crippen LogP contribution >= 0.6 is 8.46 Å². The van der Waals surface area contributed by atoms with Gasteiger partial charge in [-0.05, 0) is 0 Å². The molecular formula is C2H6O3PS. The van der Waals surface area contributed by atoms with Crippen molar-refractivity contribution in [3.8, 4) is 0 Å². The summed E-state index contributed by atoms with van der Waals surface area (Å²) in [7, 11) is -3.70. The van der Waals surface area contributed by atoms with Crippen molar-refractivity contribution in [1.82, 2.24) is 0 Å². The van der Waals surface area contributed by atoms with Gasteiger partial charge in [0, 0.05) is 6.26 Å². The fourth-order valence-corrected chi connectivity index (χ4v) is 0.963. The Labute approximate surface area is 43.8 Å². The van der Waals surface area contributed by atoms with Crippen LogP contribution in [0.3, 0.4) is 0 Å². The zero-order valence-electron chi connectivity index (χ0n) is 3.84. The van der Waals surface area contributed by atoms with E-state index in [1.165, 1.54) is 0 Å². The summed E-state index contributed by atoms with van der Waals surface area (Å²) in [5.74, 6) is 0. The molecule has 0 saturated heterocycles. The first-order valence-electron chi connectivity index (χ1n) is 1.59. The van der Waals surface area contributed by atoms with E-state index in [0.29, 0.717) is 0 Å². The molecule has 0 aliphatic rings. The van der Waals surface area contributed by atoms with Crippen LogP contribution in [0.15, 0.2) is 0 Å². The van der Waals surface area contributed by atoms with Crippen molar-refractivity contribution in [2.75, 3.05) is 11.7 Å². The Morgan fingerprint density at radius 1 is 1.57 bits per heavy atom. The van der Waals surface area contributed by atoms with Gasteiger partial charge in [-0.1, -0.05) is 0 Å². The van der Waals surface area contributed by atoms with Gasteiger partial charge in [-0.2, -0.15) is 0 Å². The van der Waals surface area contributed by atoms with Crippen LogP contribution < -0.4 is 0 Å². The maximum absolute atomic E-state index is 10.0. The minimum Gasteiger partial charge on any atom is -0.289 e. The molecule has 0 aromatic heterocycles. The van der Waals surface area contributed by atoms with Crippen molar-refractivity contribution in [1.29, 1.82) is 0 Å². The third-order valence-electron chi connectivity index (χ3n) is 0.321. The van der Waals surface area contributed by atoms with Crippen LogP contribution in [0.4, 0.5) is 0 Å². The van der Waals surface area contributed by atoms with Crippen LogP contribution in [0.1, 0.15) is 0 Å². The second kappa shape index (κ2) is 2.38. The molecule has 0 aromatic rings. The van der Waals surface area contributed by atoms with E-state index in [1.807, 2.05) is 0 Å². The molecule has 7 heavy (non-hydrogen) atoms. The Morgan fingerprint density at radius 2 is 2.00 bits per heavy atom. The van der Waals surface area contributed by atoms with E-state index in [9.17, 15) is 13.0 Å². The first kappa shape index (κ1) is 7.05. The van der Waals surface area contributed by atoms with Crippen molar-refractivity contribution >= 4 is 18.3 Å². The van der Waals surface area contributed by atoms with Gasteiger partial charge < -0.3 is 0 Å². The smallest absolute Gasteiger partial charge is 0.157 e.